The van der Waals surface area contributed by atoms with Crippen LogP contribution in [0.4, 0.5) is 0 Å². The van der Waals surface area contributed by atoms with E-state index in [1.807, 2.05) is 25.1 Å². The van der Waals surface area contributed by atoms with Gasteiger partial charge in [0.2, 0.25) is 0 Å². The molecular weight excluding hydrogens is 302 g/mol. The summed E-state index contributed by atoms with van der Waals surface area (Å²) in [5, 5.41) is 3.38. The Labute approximate surface area is 134 Å². The van der Waals surface area contributed by atoms with Crippen molar-refractivity contribution in [3.8, 4) is 11.5 Å². The predicted molar refractivity (Wildman–Crippen MR) is 84.8 cm³/mol. The Morgan fingerprint density at radius 2 is 1.86 bits per heavy atom. The lowest BCUT2D eigenvalue weighted by molar-refractivity contribution is 0.0940. The molecule has 2 aromatic carbocycles. The molecule has 1 N–H and O–H groups in total. The van der Waals surface area contributed by atoms with Gasteiger partial charge in [0.25, 0.3) is 5.91 Å². The van der Waals surface area contributed by atoms with Crippen molar-refractivity contribution in [1.29, 1.82) is 0 Å². The van der Waals surface area contributed by atoms with Gasteiger partial charge in [0, 0.05) is 0 Å². The second-order valence-corrected chi connectivity index (χ2v) is 5.49. The maximum atomic E-state index is 12.3. The van der Waals surface area contributed by atoms with Crippen LogP contribution in [-0.4, -0.2) is 19.1 Å². The van der Waals surface area contributed by atoms with E-state index in [4.69, 9.17) is 21.1 Å². The lowest BCUT2D eigenvalue weighted by atomic mass is 10.1. The molecule has 1 atom stereocenters. The Bertz CT molecular complexity index is 702. The van der Waals surface area contributed by atoms with Crippen molar-refractivity contribution in [2.75, 3.05) is 13.2 Å². The van der Waals surface area contributed by atoms with Crippen LogP contribution in [0.2, 0.25) is 5.02 Å². The third-order valence-corrected chi connectivity index (χ3v) is 3.86. The van der Waals surface area contributed by atoms with E-state index in [-0.39, 0.29) is 11.9 Å². The van der Waals surface area contributed by atoms with Gasteiger partial charge >= 0.3 is 0 Å². The second-order valence-electron chi connectivity index (χ2n) is 5.08. The third kappa shape index (κ3) is 3.02. The Morgan fingerprint density at radius 1 is 1.14 bits per heavy atom. The molecule has 1 heterocycles. The SMILES string of the molecule is C[C@@H](NC(=O)c1ccccc1Cl)c1ccc2c(c1)OCCO2. The van der Waals surface area contributed by atoms with Crippen LogP contribution < -0.4 is 14.8 Å². The maximum absolute atomic E-state index is 12.3. The number of carbonyl (C=O) groups is 1. The van der Waals surface area contributed by atoms with Crippen LogP contribution in [0.15, 0.2) is 42.5 Å². The van der Waals surface area contributed by atoms with E-state index < -0.39 is 0 Å². The van der Waals surface area contributed by atoms with E-state index in [1.54, 1.807) is 24.3 Å². The minimum atomic E-state index is -0.201. The van der Waals surface area contributed by atoms with Crippen LogP contribution in [0.3, 0.4) is 0 Å². The normalized spacial score (nSPS) is 14.3. The number of carbonyl (C=O) groups excluding carboxylic acids is 1. The molecule has 0 aliphatic carbocycles. The molecule has 0 spiro atoms. The molecule has 1 amide bonds. The van der Waals surface area contributed by atoms with Gasteiger partial charge in [-0.15, -0.1) is 0 Å². The molecule has 0 saturated carbocycles. The highest BCUT2D eigenvalue weighted by atomic mass is 35.5. The average Bonchev–Trinajstić information content (AvgIpc) is 2.54. The fourth-order valence-electron chi connectivity index (χ4n) is 2.33. The summed E-state index contributed by atoms with van der Waals surface area (Å²) in [7, 11) is 0. The fourth-order valence-corrected chi connectivity index (χ4v) is 2.55. The highest BCUT2D eigenvalue weighted by Crippen LogP contribution is 2.32. The van der Waals surface area contributed by atoms with Crippen LogP contribution in [0, 0.1) is 0 Å². The number of hydrogen-bond acceptors (Lipinski definition) is 3. The van der Waals surface area contributed by atoms with Crippen molar-refractivity contribution in [3.63, 3.8) is 0 Å². The van der Waals surface area contributed by atoms with Crippen molar-refractivity contribution in [2.45, 2.75) is 13.0 Å². The van der Waals surface area contributed by atoms with Crippen molar-refractivity contribution in [3.05, 3.63) is 58.6 Å². The van der Waals surface area contributed by atoms with Gasteiger partial charge in [-0.1, -0.05) is 29.8 Å². The molecular formula is C17H16ClNO3. The summed E-state index contributed by atoms with van der Waals surface area (Å²) in [6.07, 6.45) is 0. The Balaban J connectivity index is 1.76. The number of amides is 1. The van der Waals surface area contributed by atoms with Gasteiger partial charge in [-0.3, -0.25) is 4.79 Å². The Morgan fingerprint density at radius 3 is 2.64 bits per heavy atom. The molecule has 0 saturated heterocycles. The van der Waals surface area contributed by atoms with Gasteiger partial charge in [-0.05, 0) is 36.8 Å². The molecule has 22 heavy (non-hydrogen) atoms. The zero-order chi connectivity index (χ0) is 15.5. The smallest absolute Gasteiger partial charge is 0.253 e. The summed E-state index contributed by atoms with van der Waals surface area (Å²) in [6, 6.07) is 12.5. The number of halogens is 1. The van der Waals surface area contributed by atoms with E-state index in [9.17, 15) is 4.79 Å². The van der Waals surface area contributed by atoms with Crippen molar-refractivity contribution < 1.29 is 14.3 Å². The van der Waals surface area contributed by atoms with Gasteiger partial charge in [0.1, 0.15) is 13.2 Å². The van der Waals surface area contributed by atoms with Gasteiger partial charge in [0.05, 0.1) is 16.6 Å². The quantitative estimate of drug-likeness (QED) is 0.941. The molecule has 2 aromatic rings. The van der Waals surface area contributed by atoms with Crippen LogP contribution in [0.25, 0.3) is 0 Å². The van der Waals surface area contributed by atoms with E-state index in [0.717, 1.165) is 11.3 Å². The number of nitrogens with one attached hydrogen (secondary N) is 1. The molecule has 0 bridgehead atoms. The highest BCUT2D eigenvalue weighted by molar-refractivity contribution is 6.33. The van der Waals surface area contributed by atoms with Gasteiger partial charge < -0.3 is 14.8 Å². The van der Waals surface area contributed by atoms with Gasteiger partial charge in [0.15, 0.2) is 11.5 Å². The van der Waals surface area contributed by atoms with E-state index in [1.165, 1.54) is 0 Å². The van der Waals surface area contributed by atoms with Crippen molar-refractivity contribution in [1.82, 2.24) is 5.32 Å². The van der Waals surface area contributed by atoms with Crippen molar-refractivity contribution in [2.24, 2.45) is 0 Å². The first-order valence-electron chi connectivity index (χ1n) is 7.10. The average molecular weight is 318 g/mol. The first-order chi connectivity index (χ1) is 10.6. The van der Waals surface area contributed by atoms with Crippen LogP contribution in [0.5, 0.6) is 11.5 Å². The molecule has 0 aromatic heterocycles. The lowest BCUT2D eigenvalue weighted by Gasteiger charge is -2.21. The molecule has 0 unspecified atom stereocenters. The molecule has 4 nitrogen and oxygen atoms in total. The summed E-state index contributed by atoms with van der Waals surface area (Å²) < 4.78 is 11.1. The zero-order valence-electron chi connectivity index (χ0n) is 12.1. The van der Waals surface area contributed by atoms with Crippen molar-refractivity contribution >= 4 is 17.5 Å². The number of benzene rings is 2. The third-order valence-electron chi connectivity index (χ3n) is 3.53. The molecule has 0 radical (unpaired) electrons. The van der Waals surface area contributed by atoms with E-state index in [0.29, 0.717) is 29.5 Å². The number of fused-ring (bicyclic) bond motifs is 1. The lowest BCUT2D eigenvalue weighted by Crippen LogP contribution is -2.27. The number of rotatable bonds is 3. The molecule has 3 rings (SSSR count). The largest absolute Gasteiger partial charge is 0.486 e. The molecule has 114 valence electrons. The predicted octanol–water partition coefficient (Wildman–Crippen LogP) is 3.60. The second kappa shape index (κ2) is 6.28. The number of ether oxygens (including phenoxy) is 2. The summed E-state index contributed by atoms with van der Waals surface area (Å²) in [5.41, 5.74) is 1.42. The fraction of sp³-hybridized carbons (Fsp3) is 0.235. The van der Waals surface area contributed by atoms with Crippen LogP contribution in [-0.2, 0) is 0 Å². The first-order valence-corrected chi connectivity index (χ1v) is 7.48. The summed E-state index contributed by atoms with van der Waals surface area (Å²) in [5.74, 6) is 1.25. The summed E-state index contributed by atoms with van der Waals surface area (Å²) in [6.45, 7) is 3.02. The minimum absolute atomic E-state index is 0.167. The van der Waals surface area contributed by atoms with Crippen LogP contribution in [0.1, 0.15) is 28.9 Å². The first kappa shape index (κ1) is 14.7. The minimum Gasteiger partial charge on any atom is -0.486 e. The highest BCUT2D eigenvalue weighted by Gasteiger charge is 2.17. The Hall–Kier alpha value is -2.20. The standard InChI is InChI=1S/C17H16ClNO3/c1-11(19-17(20)13-4-2-3-5-14(13)18)12-6-7-15-16(10-12)22-9-8-21-15/h2-7,10-11H,8-9H2,1H3,(H,19,20)/t11-/m1/s1. The van der Waals surface area contributed by atoms with Gasteiger partial charge in [-0.2, -0.15) is 0 Å². The van der Waals surface area contributed by atoms with E-state index in [2.05, 4.69) is 5.32 Å². The monoisotopic (exact) mass is 317 g/mol. The Kier molecular flexibility index (Phi) is 4.20. The molecule has 1 aliphatic rings. The number of hydrogen-bond donors (Lipinski definition) is 1. The summed E-state index contributed by atoms with van der Waals surface area (Å²) >= 11 is 6.05. The van der Waals surface area contributed by atoms with Crippen LogP contribution >= 0.6 is 11.6 Å². The zero-order valence-corrected chi connectivity index (χ0v) is 12.9. The maximum Gasteiger partial charge on any atom is 0.253 e. The topological polar surface area (TPSA) is 47.6 Å². The molecule has 1 aliphatic heterocycles. The molecule has 0 fully saturated rings. The van der Waals surface area contributed by atoms with Gasteiger partial charge in [-0.25, -0.2) is 0 Å². The molecule has 5 heteroatoms. The van der Waals surface area contributed by atoms with E-state index >= 15 is 0 Å². The summed E-state index contributed by atoms with van der Waals surface area (Å²) in [4.78, 5) is 12.3.